The molecule has 0 saturated heterocycles. The van der Waals surface area contributed by atoms with Gasteiger partial charge in [0.25, 0.3) is 5.91 Å². The van der Waals surface area contributed by atoms with E-state index in [1.807, 2.05) is 0 Å². The van der Waals surface area contributed by atoms with Gasteiger partial charge in [-0.3, -0.25) is 9.78 Å². The Morgan fingerprint density at radius 2 is 2.11 bits per heavy atom. The van der Waals surface area contributed by atoms with Crippen molar-refractivity contribution in [3.63, 3.8) is 0 Å². The van der Waals surface area contributed by atoms with Crippen molar-refractivity contribution < 1.29 is 9.53 Å². The average Bonchev–Trinajstić information content (AvgIpc) is 2.46. The maximum atomic E-state index is 11.8. The summed E-state index contributed by atoms with van der Waals surface area (Å²) >= 11 is 0. The number of nitrogens with zero attached hydrogens (tertiary/aromatic N) is 1. The van der Waals surface area contributed by atoms with Crippen LogP contribution in [0.25, 0.3) is 0 Å². The fraction of sp³-hybridized carbons (Fsp3) is 0.600. The maximum absolute atomic E-state index is 11.8. The molecule has 0 radical (unpaired) electrons. The van der Waals surface area contributed by atoms with Crippen LogP contribution in [0.3, 0.4) is 0 Å². The van der Waals surface area contributed by atoms with Crippen molar-refractivity contribution in [3.8, 4) is 0 Å². The third kappa shape index (κ3) is 4.31. The number of pyridine rings is 1. The number of aromatic nitrogens is 1. The molecule has 1 heterocycles. The highest BCUT2D eigenvalue weighted by Gasteiger charge is 2.21. The van der Waals surface area contributed by atoms with Crippen LogP contribution < -0.4 is 5.32 Å². The van der Waals surface area contributed by atoms with Crippen LogP contribution in [0.4, 0.5) is 0 Å². The molecule has 104 valence electrons. The van der Waals surface area contributed by atoms with Crippen molar-refractivity contribution >= 4 is 5.91 Å². The number of rotatable bonds is 5. The van der Waals surface area contributed by atoms with E-state index >= 15 is 0 Å². The van der Waals surface area contributed by atoms with E-state index in [1.165, 1.54) is 19.3 Å². The van der Waals surface area contributed by atoms with Gasteiger partial charge in [0.2, 0.25) is 0 Å². The molecule has 4 heteroatoms. The van der Waals surface area contributed by atoms with Crippen LogP contribution in [0.15, 0.2) is 24.5 Å². The van der Waals surface area contributed by atoms with Gasteiger partial charge in [0.15, 0.2) is 0 Å². The quantitative estimate of drug-likeness (QED) is 0.829. The van der Waals surface area contributed by atoms with E-state index in [-0.39, 0.29) is 5.91 Å². The highest BCUT2D eigenvalue weighted by molar-refractivity contribution is 5.93. The Morgan fingerprint density at radius 3 is 2.84 bits per heavy atom. The molecule has 1 saturated carbocycles. The Bertz CT molecular complexity index is 394. The lowest BCUT2D eigenvalue weighted by atomic mass is 9.88. The lowest BCUT2D eigenvalue weighted by Crippen LogP contribution is -2.31. The highest BCUT2D eigenvalue weighted by atomic mass is 16.5. The number of hydrogen-bond donors (Lipinski definition) is 1. The Hall–Kier alpha value is -1.42. The Morgan fingerprint density at radius 1 is 1.37 bits per heavy atom. The molecule has 1 N–H and O–H groups in total. The Kier molecular flexibility index (Phi) is 5.33. The lowest BCUT2D eigenvalue weighted by molar-refractivity contribution is -0.00293. The first kappa shape index (κ1) is 14.0. The SMILES string of the molecule is C[C@H]1CCCC[C@H]1OCCNC(=O)c1ccncc1. The van der Waals surface area contributed by atoms with Crippen LogP contribution in [0.5, 0.6) is 0 Å². The summed E-state index contributed by atoms with van der Waals surface area (Å²) in [6.07, 6.45) is 8.60. The van der Waals surface area contributed by atoms with E-state index in [1.54, 1.807) is 24.5 Å². The van der Waals surface area contributed by atoms with Gasteiger partial charge in [-0.1, -0.05) is 19.8 Å². The van der Waals surface area contributed by atoms with Crippen molar-refractivity contribution in [2.45, 2.75) is 38.7 Å². The van der Waals surface area contributed by atoms with Crippen LogP contribution in [0, 0.1) is 5.92 Å². The second kappa shape index (κ2) is 7.24. The summed E-state index contributed by atoms with van der Waals surface area (Å²) in [5.74, 6) is 0.576. The minimum atomic E-state index is -0.0670. The molecule has 0 aliphatic heterocycles. The van der Waals surface area contributed by atoms with E-state index in [4.69, 9.17) is 4.74 Å². The standard InChI is InChI=1S/C15H22N2O2/c1-12-4-2-3-5-14(12)19-11-10-17-15(18)13-6-8-16-9-7-13/h6-9,12,14H,2-5,10-11H2,1H3,(H,17,18)/t12-,14+/m0/s1. The van der Waals surface area contributed by atoms with E-state index in [2.05, 4.69) is 17.2 Å². The highest BCUT2D eigenvalue weighted by Crippen LogP contribution is 2.25. The normalized spacial score (nSPS) is 23.0. The fourth-order valence-corrected chi connectivity index (χ4v) is 2.51. The first-order valence-electron chi connectivity index (χ1n) is 7.07. The second-order valence-corrected chi connectivity index (χ2v) is 5.16. The molecular formula is C15H22N2O2. The zero-order valence-corrected chi connectivity index (χ0v) is 11.5. The largest absolute Gasteiger partial charge is 0.376 e. The smallest absolute Gasteiger partial charge is 0.251 e. The number of nitrogens with one attached hydrogen (secondary N) is 1. The topological polar surface area (TPSA) is 51.2 Å². The van der Waals surface area contributed by atoms with Gasteiger partial charge < -0.3 is 10.1 Å². The molecular weight excluding hydrogens is 240 g/mol. The van der Waals surface area contributed by atoms with E-state index in [0.29, 0.717) is 30.7 Å². The van der Waals surface area contributed by atoms with Crippen molar-refractivity contribution in [1.82, 2.24) is 10.3 Å². The summed E-state index contributed by atoms with van der Waals surface area (Å²) in [5.41, 5.74) is 0.640. The van der Waals surface area contributed by atoms with Gasteiger partial charge >= 0.3 is 0 Å². The molecule has 1 fully saturated rings. The lowest BCUT2D eigenvalue weighted by Gasteiger charge is -2.28. The Labute approximate surface area is 114 Å². The van der Waals surface area contributed by atoms with Gasteiger partial charge in [0.1, 0.15) is 0 Å². The predicted molar refractivity (Wildman–Crippen MR) is 73.9 cm³/mol. The van der Waals surface area contributed by atoms with Crippen LogP contribution >= 0.6 is 0 Å². The molecule has 0 unspecified atom stereocenters. The zero-order chi connectivity index (χ0) is 13.5. The Balaban J connectivity index is 1.65. The van der Waals surface area contributed by atoms with Crippen molar-refractivity contribution in [2.75, 3.05) is 13.2 Å². The van der Waals surface area contributed by atoms with E-state index < -0.39 is 0 Å². The van der Waals surface area contributed by atoms with Gasteiger partial charge in [-0.15, -0.1) is 0 Å². The summed E-state index contributed by atoms with van der Waals surface area (Å²) < 4.78 is 5.85. The van der Waals surface area contributed by atoms with Gasteiger partial charge in [0, 0.05) is 24.5 Å². The maximum Gasteiger partial charge on any atom is 0.251 e. The molecule has 0 bridgehead atoms. The fourth-order valence-electron chi connectivity index (χ4n) is 2.51. The second-order valence-electron chi connectivity index (χ2n) is 5.16. The van der Waals surface area contributed by atoms with Crippen LogP contribution in [0.1, 0.15) is 43.0 Å². The first-order valence-corrected chi connectivity index (χ1v) is 7.07. The van der Waals surface area contributed by atoms with Gasteiger partial charge in [-0.05, 0) is 30.9 Å². The third-order valence-electron chi connectivity index (χ3n) is 3.69. The average molecular weight is 262 g/mol. The monoisotopic (exact) mass is 262 g/mol. The zero-order valence-electron chi connectivity index (χ0n) is 11.5. The van der Waals surface area contributed by atoms with Crippen LogP contribution in [-0.4, -0.2) is 30.1 Å². The minimum Gasteiger partial charge on any atom is -0.376 e. The van der Waals surface area contributed by atoms with Crippen LogP contribution in [0.2, 0.25) is 0 Å². The van der Waals surface area contributed by atoms with E-state index in [9.17, 15) is 4.79 Å². The molecule has 1 amide bonds. The first-order chi connectivity index (χ1) is 9.27. The predicted octanol–water partition coefficient (Wildman–Crippen LogP) is 2.41. The van der Waals surface area contributed by atoms with Crippen molar-refractivity contribution in [2.24, 2.45) is 5.92 Å². The number of amides is 1. The molecule has 1 aromatic heterocycles. The summed E-state index contributed by atoms with van der Waals surface area (Å²) in [4.78, 5) is 15.7. The molecule has 1 aliphatic carbocycles. The van der Waals surface area contributed by atoms with Crippen LogP contribution in [-0.2, 0) is 4.74 Å². The number of hydrogen-bond acceptors (Lipinski definition) is 3. The molecule has 0 spiro atoms. The number of carbonyl (C=O) groups is 1. The minimum absolute atomic E-state index is 0.0670. The van der Waals surface area contributed by atoms with E-state index in [0.717, 1.165) is 6.42 Å². The van der Waals surface area contributed by atoms with Gasteiger partial charge in [-0.2, -0.15) is 0 Å². The molecule has 1 aromatic rings. The molecule has 2 rings (SSSR count). The molecule has 4 nitrogen and oxygen atoms in total. The molecule has 1 aliphatic rings. The third-order valence-corrected chi connectivity index (χ3v) is 3.69. The van der Waals surface area contributed by atoms with Gasteiger partial charge in [0.05, 0.1) is 12.7 Å². The van der Waals surface area contributed by atoms with Crippen molar-refractivity contribution in [3.05, 3.63) is 30.1 Å². The van der Waals surface area contributed by atoms with Crippen molar-refractivity contribution in [1.29, 1.82) is 0 Å². The summed E-state index contributed by atoms with van der Waals surface area (Å²) in [5, 5.41) is 2.86. The molecule has 19 heavy (non-hydrogen) atoms. The summed E-state index contributed by atoms with van der Waals surface area (Å²) in [6.45, 7) is 3.40. The summed E-state index contributed by atoms with van der Waals surface area (Å²) in [7, 11) is 0. The number of carbonyl (C=O) groups excluding carboxylic acids is 1. The summed E-state index contributed by atoms with van der Waals surface area (Å²) in [6, 6.07) is 3.42. The molecule has 0 aromatic carbocycles. The molecule has 2 atom stereocenters. The number of ether oxygens (including phenoxy) is 1. The van der Waals surface area contributed by atoms with Gasteiger partial charge in [-0.25, -0.2) is 0 Å².